The smallest absolute Gasteiger partial charge is 0.221 e. The van der Waals surface area contributed by atoms with Gasteiger partial charge in [0.2, 0.25) is 5.91 Å². The van der Waals surface area contributed by atoms with E-state index in [1.54, 1.807) is 0 Å². The topological polar surface area (TPSA) is 81.7 Å². The first-order chi connectivity index (χ1) is 12.4. The van der Waals surface area contributed by atoms with E-state index in [2.05, 4.69) is 5.32 Å². The molecule has 0 bridgehead atoms. The summed E-state index contributed by atoms with van der Waals surface area (Å²) in [5.41, 5.74) is 2.10. The van der Waals surface area contributed by atoms with Crippen LogP contribution in [0, 0.1) is 6.92 Å². The molecule has 0 aliphatic heterocycles. The number of carbonyl (C=O) groups is 1. The second kappa shape index (κ2) is 8.71. The molecule has 1 N–H and O–H groups in total. The zero-order valence-corrected chi connectivity index (χ0v) is 15.9. The van der Waals surface area contributed by atoms with Crippen molar-refractivity contribution in [3.8, 4) is 11.5 Å². The number of carbonyl (C=O) groups excluding carboxylic acids is 1. The summed E-state index contributed by atoms with van der Waals surface area (Å²) >= 11 is 0. The first kappa shape index (κ1) is 19.8. The first-order valence-electron chi connectivity index (χ1n) is 8.13. The molecule has 1 amide bonds. The van der Waals surface area contributed by atoms with Crippen LogP contribution in [0.5, 0.6) is 11.5 Å². The fourth-order valence-electron chi connectivity index (χ4n) is 2.35. The zero-order valence-electron chi connectivity index (χ0n) is 15.1. The van der Waals surface area contributed by atoms with E-state index in [0.29, 0.717) is 18.0 Å². The van der Waals surface area contributed by atoms with Gasteiger partial charge < -0.3 is 14.8 Å². The van der Waals surface area contributed by atoms with Gasteiger partial charge in [-0.15, -0.1) is 0 Å². The van der Waals surface area contributed by atoms with Crippen molar-refractivity contribution in [2.24, 2.45) is 0 Å². The number of rotatable bonds is 8. The number of sulfone groups is 1. The number of benzene rings is 2. The Morgan fingerprint density at radius 2 is 1.65 bits per heavy atom. The average Bonchev–Trinajstić information content (AvgIpc) is 2.65. The van der Waals surface area contributed by atoms with Gasteiger partial charge in [-0.2, -0.15) is 0 Å². The van der Waals surface area contributed by atoms with Crippen molar-refractivity contribution in [2.45, 2.75) is 24.8 Å². The lowest BCUT2D eigenvalue weighted by atomic mass is 10.1. The Kier molecular flexibility index (Phi) is 6.63. The highest BCUT2D eigenvalue weighted by Gasteiger charge is 2.18. The molecule has 0 aliphatic carbocycles. The minimum absolute atomic E-state index is 0.0986. The Bertz CT molecular complexity index is 860. The molecule has 0 fully saturated rings. The van der Waals surface area contributed by atoms with Crippen LogP contribution in [0.25, 0.3) is 0 Å². The van der Waals surface area contributed by atoms with Crippen LogP contribution in [0.2, 0.25) is 0 Å². The summed E-state index contributed by atoms with van der Waals surface area (Å²) in [7, 11) is -0.684. The van der Waals surface area contributed by atoms with Crippen LogP contribution in [0.15, 0.2) is 47.4 Å². The fraction of sp³-hybridized carbons (Fsp3) is 0.316. The lowest BCUT2D eigenvalue weighted by Gasteiger charge is -2.10. The SMILES string of the molecule is COc1ccc(S(=O)(=O)CCC(=O)NCc2ccc(C)cc2)cc1OC. The lowest BCUT2D eigenvalue weighted by molar-refractivity contribution is -0.120. The summed E-state index contributed by atoms with van der Waals surface area (Å²) in [4.78, 5) is 12.1. The fourth-order valence-corrected chi connectivity index (χ4v) is 3.60. The monoisotopic (exact) mass is 377 g/mol. The highest BCUT2D eigenvalue weighted by Crippen LogP contribution is 2.29. The number of methoxy groups -OCH3 is 2. The third-order valence-electron chi connectivity index (χ3n) is 3.92. The van der Waals surface area contributed by atoms with Crippen LogP contribution in [0.3, 0.4) is 0 Å². The summed E-state index contributed by atoms with van der Waals surface area (Å²) in [5.74, 6) is 0.191. The van der Waals surface area contributed by atoms with E-state index in [4.69, 9.17) is 9.47 Å². The van der Waals surface area contributed by atoms with Gasteiger partial charge in [0.25, 0.3) is 0 Å². The molecule has 0 atom stereocenters. The predicted molar refractivity (Wildman–Crippen MR) is 99.2 cm³/mol. The highest BCUT2D eigenvalue weighted by molar-refractivity contribution is 7.91. The number of hydrogen-bond donors (Lipinski definition) is 1. The molecule has 2 aromatic carbocycles. The summed E-state index contributed by atoms with van der Waals surface area (Å²) in [6.07, 6.45) is -0.109. The van der Waals surface area contributed by atoms with Crippen LogP contribution in [-0.4, -0.2) is 34.3 Å². The van der Waals surface area contributed by atoms with Crippen LogP contribution >= 0.6 is 0 Å². The molecule has 7 heteroatoms. The van der Waals surface area contributed by atoms with E-state index in [0.717, 1.165) is 11.1 Å². The first-order valence-corrected chi connectivity index (χ1v) is 9.78. The van der Waals surface area contributed by atoms with Crippen molar-refractivity contribution < 1.29 is 22.7 Å². The van der Waals surface area contributed by atoms with Crippen molar-refractivity contribution in [1.29, 1.82) is 0 Å². The maximum atomic E-state index is 12.4. The van der Waals surface area contributed by atoms with Crippen molar-refractivity contribution in [2.75, 3.05) is 20.0 Å². The molecular formula is C19H23NO5S. The second-order valence-electron chi connectivity index (χ2n) is 5.85. The molecule has 2 aromatic rings. The number of amides is 1. The molecular weight excluding hydrogens is 354 g/mol. The number of ether oxygens (including phenoxy) is 2. The number of aryl methyl sites for hydroxylation is 1. The van der Waals surface area contributed by atoms with Gasteiger partial charge in [-0.1, -0.05) is 29.8 Å². The quantitative estimate of drug-likeness (QED) is 0.764. The van der Waals surface area contributed by atoms with Crippen LogP contribution in [0.1, 0.15) is 17.5 Å². The molecule has 0 saturated carbocycles. The Labute approximate surface area is 154 Å². The van der Waals surface area contributed by atoms with Gasteiger partial charge in [0.05, 0.1) is 24.9 Å². The Morgan fingerprint density at radius 1 is 1.00 bits per heavy atom. The van der Waals surface area contributed by atoms with Gasteiger partial charge in [-0.05, 0) is 24.6 Å². The molecule has 0 aliphatic rings. The summed E-state index contributed by atoms with van der Waals surface area (Å²) < 4.78 is 35.1. The average molecular weight is 377 g/mol. The van der Waals surface area contributed by atoms with Gasteiger partial charge in [0.1, 0.15) is 0 Å². The van der Waals surface area contributed by atoms with Gasteiger partial charge in [0.15, 0.2) is 21.3 Å². The molecule has 140 valence electrons. The standard InChI is InChI=1S/C19H23NO5S/c1-14-4-6-15(7-5-14)13-20-19(21)10-11-26(22,23)16-8-9-17(24-2)18(12-16)25-3/h4-9,12H,10-11,13H2,1-3H3,(H,20,21). The molecule has 26 heavy (non-hydrogen) atoms. The number of nitrogens with one attached hydrogen (secondary N) is 1. The Morgan fingerprint density at radius 3 is 2.27 bits per heavy atom. The largest absolute Gasteiger partial charge is 0.493 e. The van der Waals surface area contributed by atoms with E-state index >= 15 is 0 Å². The summed E-state index contributed by atoms with van der Waals surface area (Å²) in [5, 5.41) is 2.74. The van der Waals surface area contributed by atoms with Crippen molar-refractivity contribution in [1.82, 2.24) is 5.32 Å². The van der Waals surface area contributed by atoms with Gasteiger partial charge in [-0.25, -0.2) is 8.42 Å². The Balaban J connectivity index is 1.94. The van der Waals surface area contributed by atoms with E-state index in [1.165, 1.54) is 32.4 Å². The van der Waals surface area contributed by atoms with E-state index in [1.807, 2.05) is 31.2 Å². The van der Waals surface area contributed by atoms with E-state index in [-0.39, 0.29) is 23.0 Å². The molecule has 0 radical (unpaired) electrons. The Hall–Kier alpha value is -2.54. The van der Waals surface area contributed by atoms with Crippen molar-refractivity contribution in [3.63, 3.8) is 0 Å². The third-order valence-corrected chi connectivity index (χ3v) is 5.64. The van der Waals surface area contributed by atoms with Gasteiger partial charge in [-0.3, -0.25) is 4.79 Å². The van der Waals surface area contributed by atoms with Crippen LogP contribution in [0.4, 0.5) is 0 Å². The van der Waals surface area contributed by atoms with Gasteiger partial charge >= 0.3 is 0 Å². The van der Waals surface area contributed by atoms with Gasteiger partial charge in [0, 0.05) is 19.0 Å². The van der Waals surface area contributed by atoms with Crippen LogP contribution < -0.4 is 14.8 Å². The molecule has 2 rings (SSSR count). The molecule has 0 spiro atoms. The third kappa shape index (κ3) is 5.23. The highest BCUT2D eigenvalue weighted by atomic mass is 32.2. The van der Waals surface area contributed by atoms with Crippen LogP contribution in [-0.2, 0) is 21.2 Å². The molecule has 0 heterocycles. The maximum Gasteiger partial charge on any atom is 0.221 e. The maximum absolute atomic E-state index is 12.4. The van der Waals surface area contributed by atoms with E-state index < -0.39 is 9.84 Å². The summed E-state index contributed by atoms with van der Waals surface area (Å²) in [6.45, 7) is 2.36. The van der Waals surface area contributed by atoms with E-state index in [9.17, 15) is 13.2 Å². The van der Waals surface area contributed by atoms with Crippen molar-refractivity contribution in [3.05, 3.63) is 53.6 Å². The molecule has 0 saturated heterocycles. The predicted octanol–water partition coefficient (Wildman–Crippen LogP) is 2.49. The molecule has 0 aromatic heterocycles. The second-order valence-corrected chi connectivity index (χ2v) is 7.96. The minimum Gasteiger partial charge on any atom is -0.493 e. The minimum atomic E-state index is -3.60. The van der Waals surface area contributed by atoms with Crippen molar-refractivity contribution >= 4 is 15.7 Å². The summed E-state index contributed by atoms with van der Waals surface area (Å²) in [6, 6.07) is 12.2. The lowest BCUT2D eigenvalue weighted by Crippen LogP contribution is -2.25. The number of hydrogen-bond acceptors (Lipinski definition) is 5. The normalized spacial score (nSPS) is 11.0. The molecule has 6 nitrogen and oxygen atoms in total. The molecule has 0 unspecified atom stereocenters. The zero-order chi connectivity index (χ0) is 19.2.